The molecule has 1 radical (unpaired) electrons. The molecule has 0 atom stereocenters. The van der Waals surface area contributed by atoms with Gasteiger partial charge in [0.25, 0.3) is 0 Å². The second-order valence-corrected chi connectivity index (χ2v) is 11.5. The molecular weight excluding hydrogens is 703 g/mol. The summed E-state index contributed by atoms with van der Waals surface area (Å²) in [6.07, 6.45) is 2.00. The Labute approximate surface area is 268 Å². The van der Waals surface area contributed by atoms with Crippen LogP contribution in [0.5, 0.6) is 0 Å². The molecule has 0 N–H and O–H groups in total. The third kappa shape index (κ3) is 5.45. The van der Waals surface area contributed by atoms with Crippen molar-refractivity contribution in [1.29, 1.82) is 0 Å². The van der Waals surface area contributed by atoms with Gasteiger partial charge in [-0.2, -0.15) is 0 Å². The summed E-state index contributed by atoms with van der Waals surface area (Å²) >= 11 is 0. The van der Waals surface area contributed by atoms with Crippen LogP contribution in [0.15, 0.2) is 122 Å². The Bertz CT molecular complexity index is 2180. The molecule has 0 amide bonds. The van der Waals surface area contributed by atoms with Crippen molar-refractivity contribution in [1.82, 2.24) is 14.4 Å². The van der Waals surface area contributed by atoms with Gasteiger partial charge in [-0.25, -0.2) is 0 Å². The molecule has 43 heavy (non-hydrogen) atoms. The van der Waals surface area contributed by atoms with E-state index in [1.54, 1.807) is 12.4 Å². The number of fused-ring (bicyclic) bond motifs is 6. The fraction of sp³-hybridized carbons (Fsp3) is 0.128. The maximum absolute atomic E-state index is 8.56. The first-order chi connectivity index (χ1) is 21.3. The largest absolute Gasteiger partial charge is 0.350 e. The smallest absolute Gasteiger partial charge is 0.0516 e. The van der Waals surface area contributed by atoms with Gasteiger partial charge in [-0.15, -0.1) is 59.7 Å². The zero-order valence-electron chi connectivity index (χ0n) is 26.2. The van der Waals surface area contributed by atoms with E-state index in [0.717, 1.165) is 28.0 Å². The molecule has 3 nitrogen and oxygen atoms in total. The minimum absolute atomic E-state index is 0. The van der Waals surface area contributed by atoms with Gasteiger partial charge in [-0.1, -0.05) is 86.8 Å². The summed E-state index contributed by atoms with van der Waals surface area (Å²) in [7, 11) is 0. The second kappa shape index (κ2) is 11.7. The Morgan fingerprint density at radius 3 is 2.14 bits per heavy atom. The third-order valence-electron chi connectivity index (χ3n) is 7.37. The van der Waals surface area contributed by atoms with E-state index in [1.807, 2.05) is 81.4 Å². The Morgan fingerprint density at radius 2 is 1.42 bits per heavy atom. The summed E-state index contributed by atoms with van der Waals surface area (Å²) in [4.78, 5) is 8.93. The van der Waals surface area contributed by atoms with Crippen molar-refractivity contribution in [3.05, 3.63) is 139 Å². The van der Waals surface area contributed by atoms with E-state index < -0.39 is 11.8 Å². The molecule has 0 saturated heterocycles. The Balaban J connectivity index is 0.000000231. The first-order valence-electron chi connectivity index (χ1n) is 15.2. The van der Waals surface area contributed by atoms with Crippen LogP contribution in [0.4, 0.5) is 0 Å². The van der Waals surface area contributed by atoms with Crippen LogP contribution in [-0.2, 0) is 26.5 Å². The van der Waals surface area contributed by atoms with Gasteiger partial charge < -0.3 is 14.4 Å². The fourth-order valence-corrected chi connectivity index (χ4v) is 5.73. The van der Waals surface area contributed by atoms with Crippen LogP contribution in [0.25, 0.3) is 60.6 Å². The summed E-state index contributed by atoms with van der Waals surface area (Å²) in [5, 5.41) is 4.90. The van der Waals surface area contributed by atoms with Gasteiger partial charge in [0, 0.05) is 51.5 Å². The summed E-state index contributed by atoms with van der Waals surface area (Å²) in [6, 6.07) is 43.1. The van der Waals surface area contributed by atoms with Crippen molar-refractivity contribution in [2.75, 3.05) is 0 Å². The van der Waals surface area contributed by atoms with Crippen molar-refractivity contribution < 1.29 is 22.8 Å². The van der Waals surface area contributed by atoms with Crippen LogP contribution in [0.1, 0.15) is 29.1 Å². The summed E-state index contributed by atoms with van der Waals surface area (Å²) in [5.41, 5.74) is 7.32. The average Bonchev–Trinajstić information content (AvgIpc) is 3.58. The predicted molar refractivity (Wildman–Crippen MR) is 175 cm³/mol. The zero-order valence-corrected chi connectivity index (χ0v) is 26.6. The van der Waals surface area contributed by atoms with E-state index in [1.165, 1.54) is 32.6 Å². The number of aromatic nitrogens is 3. The molecule has 0 bridgehead atoms. The number of rotatable bonds is 3. The fourth-order valence-electron chi connectivity index (χ4n) is 5.73. The van der Waals surface area contributed by atoms with Crippen LogP contribution in [0.3, 0.4) is 0 Å². The molecule has 213 valence electrons. The van der Waals surface area contributed by atoms with Crippen molar-refractivity contribution in [2.45, 2.75) is 27.1 Å². The Morgan fingerprint density at radius 1 is 0.674 bits per heavy atom. The number of para-hydroxylation sites is 2. The normalized spacial score (nSPS) is 12.5. The molecule has 8 rings (SSSR count). The van der Waals surface area contributed by atoms with Crippen LogP contribution in [0.2, 0.25) is 0 Å². The van der Waals surface area contributed by atoms with Crippen LogP contribution < -0.4 is 0 Å². The number of pyridine rings is 2. The van der Waals surface area contributed by atoms with E-state index in [9.17, 15) is 0 Å². The number of hydrogen-bond acceptors (Lipinski definition) is 2. The first-order valence-corrected chi connectivity index (χ1v) is 14.2. The second-order valence-electron chi connectivity index (χ2n) is 11.5. The molecule has 0 aliphatic rings. The number of benzene rings is 4. The zero-order chi connectivity index (χ0) is 30.5. The van der Waals surface area contributed by atoms with Crippen LogP contribution in [0, 0.1) is 17.5 Å². The van der Waals surface area contributed by atoms with Gasteiger partial charge in [0.1, 0.15) is 0 Å². The van der Waals surface area contributed by atoms with Gasteiger partial charge in [0.05, 0.1) is 5.52 Å². The predicted octanol–water partition coefficient (Wildman–Crippen LogP) is 9.83. The molecule has 0 fully saturated rings. The Hall–Kier alpha value is -4.37. The van der Waals surface area contributed by atoms with Crippen LogP contribution in [-0.4, -0.2) is 14.4 Å². The Kier molecular flexibility index (Phi) is 7.16. The topological polar surface area (TPSA) is 30.2 Å². The van der Waals surface area contributed by atoms with E-state index in [-0.39, 0.29) is 20.1 Å². The maximum atomic E-state index is 8.56. The van der Waals surface area contributed by atoms with E-state index in [0.29, 0.717) is 5.56 Å². The van der Waals surface area contributed by atoms with Crippen molar-refractivity contribution >= 4 is 38.1 Å². The quantitative estimate of drug-likeness (QED) is 0.169. The average molecular weight is 736 g/mol. The van der Waals surface area contributed by atoms with Gasteiger partial charge in [0.15, 0.2) is 0 Å². The SMILES string of the molecule is [2H]C([2H])(c1ccc(-c2[c-]ccc3c4cccc5c6ccccc6n(c23)c54)nc1)C(C)(C)C.[Ir].[c-]1ccccc1-c1ccccn1. The van der Waals surface area contributed by atoms with Gasteiger partial charge >= 0.3 is 0 Å². The van der Waals surface area contributed by atoms with Gasteiger partial charge in [0.2, 0.25) is 0 Å². The molecule has 0 saturated carbocycles. The molecule has 0 aliphatic heterocycles. The molecule has 4 heterocycles. The van der Waals surface area contributed by atoms with Gasteiger partial charge in [-0.05, 0) is 51.8 Å². The van der Waals surface area contributed by atoms with Crippen molar-refractivity contribution in [3.63, 3.8) is 0 Å². The minimum Gasteiger partial charge on any atom is -0.350 e. The minimum atomic E-state index is -1.47. The monoisotopic (exact) mass is 736 g/mol. The molecule has 4 heteroatoms. The molecular formula is C39H31IrN3-2. The van der Waals surface area contributed by atoms with E-state index in [2.05, 4.69) is 70.0 Å². The molecule has 8 aromatic rings. The van der Waals surface area contributed by atoms with Crippen molar-refractivity contribution in [3.8, 4) is 22.5 Å². The summed E-state index contributed by atoms with van der Waals surface area (Å²) in [6.45, 7) is 5.75. The first kappa shape index (κ1) is 26.3. The number of nitrogens with zero attached hydrogens (tertiary/aromatic N) is 3. The molecule has 4 aromatic carbocycles. The number of hydrogen-bond donors (Lipinski definition) is 0. The third-order valence-corrected chi connectivity index (χ3v) is 7.37. The van der Waals surface area contributed by atoms with E-state index >= 15 is 0 Å². The van der Waals surface area contributed by atoms with Crippen molar-refractivity contribution in [2.24, 2.45) is 5.41 Å². The summed E-state index contributed by atoms with van der Waals surface area (Å²) in [5.74, 6) is 0. The molecule has 0 aliphatic carbocycles. The standard InChI is InChI=1S/C28H23N2.C11H8N.Ir/c1-28(2,3)16-18-14-15-24(29-17-18)23-12-7-11-22-21-10-6-9-20-19-8-4-5-13-25(19)30(26(20)21)27(22)23;1-2-6-10(7-3-1)11-8-4-5-9-12-11;/h4-11,13-15,17H,16H2,1-3H3;1-6,8-9H;/q2*-1;/i16D2;;. The maximum Gasteiger partial charge on any atom is 0.0516 e. The van der Waals surface area contributed by atoms with Crippen LogP contribution >= 0.6 is 0 Å². The van der Waals surface area contributed by atoms with Gasteiger partial charge in [-0.3, -0.25) is 0 Å². The molecule has 0 unspecified atom stereocenters. The van der Waals surface area contributed by atoms with E-state index in [4.69, 9.17) is 7.73 Å². The molecule has 4 aromatic heterocycles. The summed E-state index contributed by atoms with van der Waals surface area (Å²) < 4.78 is 19.5. The molecule has 0 spiro atoms.